The second kappa shape index (κ2) is 10.9. The number of hydrogen-bond acceptors (Lipinski definition) is 5. The van der Waals surface area contributed by atoms with Crippen LogP contribution < -0.4 is 10.9 Å². The van der Waals surface area contributed by atoms with Crippen LogP contribution in [-0.4, -0.2) is 49.4 Å². The summed E-state index contributed by atoms with van der Waals surface area (Å²) in [5, 5.41) is 10.8. The van der Waals surface area contributed by atoms with Crippen LogP contribution in [0.15, 0.2) is 41.6 Å². The summed E-state index contributed by atoms with van der Waals surface area (Å²) >= 11 is 0. The van der Waals surface area contributed by atoms with Crippen LogP contribution >= 0.6 is 0 Å². The first-order chi connectivity index (χ1) is 19.7. The highest BCUT2D eigenvalue weighted by molar-refractivity contribution is 6.04. The highest BCUT2D eigenvalue weighted by Crippen LogP contribution is 2.58. The number of amides is 1. The molecule has 3 heterocycles. The Morgan fingerprint density at radius 2 is 1.93 bits per heavy atom. The van der Waals surface area contributed by atoms with Gasteiger partial charge in [-0.1, -0.05) is 26.8 Å². The zero-order valence-electron chi connectivity index (χ0n) is 24.3. The van der Waals surface area contributed by atoms with Crippen LogP contribution in [0.5, 0.6) is 0 Å². The Morgan fingerprint density at radius 1 is 1.19 bits per heavy atom. The molecule has 1 atom stereocenters. The minimum atomic E-state index is -4.67. The van der Waals surface area contributed by atoms with Crippen LogP contribution in [0.3, 0.4) is 0 Å². The molecule has 1 aliphatic heterocycles. The highest BCUT2D eigenvalue weighted by Gasteiger charge is 2.54. The van der Waals surface area contributed by atoms with Crippen molar-refractivity contribution >= 4 is 11.6 Å². The van der Waals surface area contributed by atoms with Crippen molar-refractivity contribution in [3.8, 4) is 0 Å². The van der Waals surface area contributed by atoms with Gasteiger partial charge in [-0.2, -0.15) is 13.2 Å². The Morgan fingerprint density at radius 3 is 2.55 bits per heavy atom. The topological polar surface area (TPSA) is 85.1 Å². The molecule has 12 heteroatoms. The van der Waals surface area contributed by atoms with E-state index in [1.54, 1.807) is 12.4 Å². The number of aryl methyl sites for hydroxylation is 1. The maximum absolute atomic E-state index is 15.1. The quantitative estimate of drug-likeness (QED) is 0.381. The molecule has 1 saturated carbocycles. The summed E-state index contributed by atoms with van der Waals surface area (Å²) in [6.45, 7) is 6.65. The molecule has 0 spiro atoms. The molecular formula is C30H36F4N6O2. The van der Waals surface area contributed by atoms with Crippen molar-refractivity contribution in [3.63, 3.8) is 0 Å². The SMILES string of the molecule is C[C@H]1CCCN(Cc2cc(C(=O)Nc3cc(C4(c5nncn5C)CC(C)(C)C4)ccc3F)c(=O)n(CC(F)(F)F)c2)C1. The lowest BCUT2D eigenvalue weighted by Crippen LogP contribution is -2.49. The lowest BCUT2D eigenvalue weighted by molar-refractivity contribution is -0.141. The molecule has 0 unspecified atom stereocenters. The number of nitrogens with zero attached hydrogens (tertiary/aromatic N) is 5. The van der Waals surface area contributed by atoms with Gasteiger partial charge in [0.2, 0.25) is 0 Å². The van der Waals surface area contributed by atoms with E-state index in [0.29, 0.717) is 41.3 Å². The van der Waals surface area contributed by atoms with Crippen LogP contribution in [0.1, 0.15) is 73.8 Å². The number of nitrogens with one attached hydrogen (secondary N) is 1. The standard InChI is InChI=1S/C30H36F4N6O2/c1-19-6-5-9-39(12-19)13-20-10-22(26(42)40(14-20)17-30(32,33)34)25(41)36-24-11-21(7-8-23(24)31)29(15-28(2,3)16-29)27-37-35-18-38(27)4/h7-8,10-11,14,18-19H,5-6,9,12-13,15-17H2,1-4H3,(H,36,41)/t19-/m0/s1. The number of alkyl halides is 3. The Bertz CT molecular complexity index is 1540. The van der Waals surface area contributed by atoms with E-state index in [1.165, 1.54) is 18.2 Å². The maximum atomic E-state index is 15.1. The van der Waals surface area contributed by atoms with Crippen molar-refractivity contribution in [1.82, 2.24) is 24.2 Å². The van der Waals surface area contributed by atoms with E-state index in [2.05, 4.69) is 41.2 Å². The van der Waals surface area contributed by atoms with Gasteiger partial charge in [0.15, 0.2) is 0 Å². The first-order valence-corrected chi connectivity index (χ1v) is 14.1. The molecule has 2 aromatic heterocycles. The number of pyridine rings is 1. The van der Waals surface area contributed by atoms with Gasteiger partial charge in [0.25, 0.3) is 11.5 Å². The molecule has 2 fully saturated rings. The van der Waals surface area contributed by atoms with Gasteiger partial charge in [-0.05, 0) is 72.9 Å². The zero-order chi connectivity index (χ0) is 30.4. The molecule has 0 bridgehead atoms. The molecule has 1 N–H and O–H groups in total. The number of rotatable bonds is 7. The van der Waals surface area contributed by atoms with E-state index in [9.17, 15) is 22.8 Å². The molecule has 8 nitrogen and oxygen atoms in total. The lowest BCUT2D eigenvalue weighted by atomic mass is 9.51. The second-order valence-electron chi connectivity index (χ2n) is 12.8. The molecule has 42 heavy (non-hydrogen) atoms. The summed E-state index contributed by atoms with van der Waals surface area (Å²) in [6, 6.07) is 5.72. The number of hydrogen-bond donors (Lipinski definition) is 1. The summed E-state index contributed by atoms with van der Waals surface area (Å²) in [7, 11) is 1.83. The highest BCUT2D eigenvalue weighted by atomic mass is 19.4. The fraction of sp³-hybridized carbons (Fsp3) is 0.533. The van der Waals surface area contributed by atoms with Gasteiger partial charge in [-0.25, -0.2) is 4.39 Å². The minimum absolute atomic E-state index is 0.0000957. The van der Waals surface area contributed by atoms with E-state index in [-0.39, 0.29) is 11.1 Å². The third kappa shape index (κ3) is 6.13. The van der Waals surface area contributed by atoms with E-state index >= 15 is 4.39 Å². The van der Waals surface area contributed by atoms with Crippen LogP contribution in [0.4, 0.5) is 23.2 Å². The number of aromatic nitrogens is 4. The van der Waals surface area contributed by atoms with E-state index in [0.717, 1.165) is 37.7 Å². The molecule has 1 aliphatic carbocycles. The number of piperidine rings is 1. The predicted octanol–water partition coefficient (Wildman–Crippen LogP) is 5.27. The molecule has 1 saturated heterocycles. The average molecular weight is 589 g/mol. The molecule has 2 aliphatic rings. The van der Waals surface area contributed by atoms with Gasteiger partial charge in [0, 0.05) is 26.3 Å². The van der Waals surface area contributed by atoms with Crippen LogP contribution in [0.2, 0.25) is 0 Å². The largest absolute Gasteiger partial charge is 0.406 e. The van der Waals surface area contributed by atoms with Crippen molar-refractivity contribution in [3.05, 3.63) is 75.5 Å². The van der Waals surface area contributed by atoms with Crippen molar-refractivity contribution in [2.24, 2.45) is 18.4 Å². The monoisotopic (exact) mass is 588 g/mol. The first kappa shape index (κ1) is 29.9. The Kier molecular flexibility index (Phi) is 7.80. The van der Waals surface area contributed by atoms with E-state index in [4.69, 9.17) is 0 Å². The summed E-state index contributed by atoms with van der Waals surface area (Å²) < 4.78 is 57.5. The van der Waals surface area contributed by atoms with Gasteiger partial charge >= 0.3 is 6.18 Å². The second-order valence-corrected chi connectivity index (χ2v) is 12.8. The summed E-state index contributed by atoms with van der Waals surface area (Å²) in [5.41, 5.74) is -1.16. The van der Waals surface area contributed by atoms with Gasteiger partial charge in [0.1, 0.15) is 30.1 Å². The zero-order valence-corrected chi connectivity index (χ0v) is 24.3. The lowest BCUT2D eigenvalue weighted by Gasteiger charge is -2.52. The van der Waals surface area contributed by atoms with Crippen molar-refractivity contribution in [1.29, 1.82) is 0 Å². The van der Waals surface area contributed by atoms with Gasteiger partial charge in [0.05, 0.1) is 11.1 Å². The third-order valence-electron chi connectivity index (χ3n) is 8.35. The fourth-order valence-electron chi connectivity index (χ4n) is 6.84. The van der Waals surface area contributed by atoms with Crippen molar-refractivity contribution in [2.75, 3.05) is 18.4 Å². The fourth-order valence-corrected chi connectivity index (χ4v) is 6.84. The number of carbonyl (C=O) groups is 1. The molecule has 5 rings (SSSR count). The molecule has 226 valence electrons. The number of carbonyl (C=O) groups excluding carboxylic acids is 1. The minimum Gasteiger partial charge on any atom is -0.320 e. The van der Waals surface area contributed by atoms with Crippen LogP contribution in [-0.2, 0) is 25.6 Å². The molecule has 1 amide bonds. The molecular weight excluding hydrogens is 552 g/mol. The van der Waals surface area contributed by atoms with Gasteiger partial charge in [-0.3, -0.25) is 14.5 Å². The maximum Gasteiger partial charge on any atom is 0.406 e. The molecule has 0 radical (unpaired) electrons. The number of benzene rings is 1. The normalized spacial score (nSPS) is 20.2. The van der Waals surface area contributed by atoms with Gasteiger partial charge < -0.3 is 14.5 Å². The number of halogens is 4. The van der Waals surface area contributed by atoms with Crippen molar-refractivity contribution in [2.45, 2.75) is 71.1 Å². The first-order valence-electron chi connectivity index (χ1n) is 14.1. The smallest absolute Gasteiger partial charge is 0.320 e. The van der Waals surface area contributed by atoms with Crippen LogP contribution in [0.25, 0.3) is 0 Å². The predicted molar refractivity (Wildman–Crippen MR) is 150 cm³/mol. The van der Waals surface area contributed by atoms with Gasteiger partial charge in [-0.15, -0.1) is 10.2 Å². The number of likely N-dealkylation sites (tertiary alicyclic amines) is 1. The van der Waals surface area contributed by atoms with E-state index < -0.39 is 41.0 Å². The average Bonchev–Trinajstić information content (AvgIpc) is 3.30. The summed E-state index contributed by atoms with van der Waals surface area (Å²) in [4.78, 5) is 28.6. The third-order valence-corrected chi connectivity index (χ3v) is 8.35. The molecule has 3 aromatic rings. The summed E-state index contributed by atoms with van der Waals surface area (Å²) in [5.74, 6) is -0.556. The van der Waals surface area contributed by atoms with Crippen LogP contribution in [0, 0.1) is 17.2 Å². The summed E-state index contributed by atoms with van der Waals surface area (Å²) in [6.07, 6.45) is 1.54. The Balaban J connectivity index is 1.48. The Hall–Kier alpha value is -3.54. The molecule has 1 aromatic carbocycles. The number of anilines is 1. The van der Waals surface area contributed by atoms with E-state index in [1.807, 2.05) is 11.6 Å². The Labute approximate surface area is 241 Å². The van der Waals surface area contributed by atoms with Crippen molar-refractivity contribution < 1.29 is 22.4 Å².